The van der Waals surface area contributed by atoms with Gasteiger partial charge in [-0.3, -0.25) is 4.79 Å². The number of fused-ring (bicyclic) bond motifs is 1. The van der Waals surface area contributed by atoms with E-state index in [0.717, 1.165) is 5.56 Å². The third kappa shape index (κ3) is 3.97. The average Bonchev–Trinajstić information content (AvgIpc) is 3.25. The van der Waals surface area contributed by atoms with E-state index < -0.39 is 10.1 Å². The van der Waals surface area contributed by atoms with Crippen LogP contribution in [0.1, 0.15) is 11.3 Å². The lowest BCUT2D eigenvalue weighted by Gasteiger charge is -2.12. The van der Waals surface area contributed by atoms with E-state index in [9.17, 15) is 13.2 Å². The van der Waals surface area contributed by atoms with Crippen molar-refractivity contribution in [2.75, 3.05) is 0 Å². The Morgan fingerprint density at radius 2 is 1.62 bits per heavy atom. The molecule has 0 fully saturated rings. The van der Waals surface area contributed by atoms with Crippen LogP contribution in [0.15, 0.2) is 93.1 Å². The van der Waals surface area contributed by atoms with Crippen LogP contribution in [0, 0.1) is 13.8 Å². The van der Waals surface area contributed by atoms with Crippen molar-refractivity contribution in [3.05, 3.63) is 100 Å². The first-order valence-corrected chi connectivity index (χ1v) is 11.8. The second kappa shape index (κ2) is 8.27. The SMILES string of the molecule is Cc1ccc(S(=O)(=O)Oc2ccc(-c3nc4ccccc4c(=O)n3-c3cc(C)no3)cc2)cc1. The normalized spacial score (nSPS) is 11.6. The largest absolute Gasteiger partial charge is 0.379 e. The molecule has 9 heteroatoms. The summed E-state index contributed by atoms with van der Waals surface area (Å²) in [5.41, 5.74) is 2.35. The fourth-order valence-corrected chi connectivity index (χ4v) is 4.46. The number of rotatable bonds is 5. The molecule has 5 rings (SSSR count). The van der Waals surface area contributed by atoms with Crippen LogP contribution < -0.4 is 9.74 Å². The lowest BCUT2D eigenvalue weighted by molar-refractivity contribution is 0.400. The quantitative estimate of drug-likeness (QED) is 0.348. The topological polar surface area (TPSA) is 104 Å². The van der Waals surface area contributed by atoms with Crippen LogP contribution in [0.2, 0.25) is 0 Å². The molecule has 34 heavy (non-hydrogen) atoms. The van der Waals surface area contributed by atoms with Gasteiger partial charge in [-0.05, 0) is 62.4 Å². The first-order chi connectivity index (χ1) is 16.3. The van der Waals surface area contributed by atoms with Crippen molar-refractivity contribution < 1.29 is 17.1 Å². The van der Waals surface area contributed by atoms with Gasteiger partial charge < -0.3 is 8.71 Å². The average molecular weight is 474 g/mol. The molecule has 0 unspecified atom stereocenters. The molecule has 0 aliphatic heterocycles. The highest BCUT2D eigenvalue weighted by atomic mass is 32.2. The Bertz CT molecular complexity index is 1670. The van der Waals surface area contributed by atoms with Crippen LogP contribution in [-0.2, 0) is 10.1 Å². The van der Waals surface area contributed by atoms with Gasteiger partial charge in [0.05, 0.1) is 16.6 Å². The van der Waals surface area contributed by atoms with Crippen LogP contribution in [0.5, 0.6) is 5.75 Å². The maximum absolute atomic E-state index is 13.3. The van der Waals surface area contributed by atoms with E-state index in [2.05, 4.69) is 10.1 Å². The van der Waals surface area contributed by atoms with Crippen molar-refractivity contribution in [1.29, 1.82) is 0 Å². The molecule has 0 bridgehead atoms. The van der Waals surface area contributed by atoms with Gasteiger partial charge in [0.1, 0.15) is 10.6 Å². The van der Waals surface area contributed by atoms with E-state index in [1.54, 1.807) is 61.5 Å². The summed E-state index contributed by atoms with van der Waals surface area (Å²) in [5.74, 6) is 0.695. The predicted octanol–water partition coefficient (Wildman–Crippen LogP) is 4.43. The molecule has 0 radical (unpaired) electrons. The number of nitrogens with zero attached hydrogens (tertiary/aromatic N) is 3. The monoisotopic (exact) mass is 473 g/mol. The van der Waals surface area contributed by atoms with E-state index >= 15 is 0 Å². The minimum atomic E-state index is -3.99. The Hall–Kier alpha value is -4.24. The molecule has 0 N–H and O–H groups in total. The van der Waals surface area contributed by atoms with Crippen molar-refractivity contribution in [1.82, 2.24) is 14.7 Å². The smallest absolute Gasteiger partial charge is 0.339 e. The maximum atomic E-state index is 13.3. The standard InChI is InChI=1S/C25H19N3O5S/c1-16-7-13-20(14-8-16)34(30,31)33-19-11-9-18(10-12-19)24-26-22-6-4-3-5-21(22)25(29)28(24)23-15-17(2)27-32-23/h3-15H,1-2H3. The highest BCUT2D eigenvalue weighted by molar-refractivity contribution is 7.87. The fraction of sp³-hybridized carbons (Fsp3) is 0.0800. The Kier molecular flexibility index (Phi) is 5.25. The number of para-hydroxylation sites is 1. The van der Waals surface area contributed by atoms with Gasteiger partial charge in [-0.2, -0.15) is 8.42 Å². The number of hydrogen-bond acceptors (Lipinski definition) is 7. The van der Waals surface area contributed by atoms with E-state index in [-0.39, 0.29) is 22.1 Å². The zero-order valence-electron chi connectivity index (χ0n) is 18.3. The van der Waals surface area contributed by atoms with Gasteiger partial charge in [0.15, 0.2) is 5.82 Å². The van der Waals surface area contributed by atoms with Gasteiger partial charge in [0.2, 0.25) is 5.88 Å². The molecule has 0 spiro atoms. The van der Waals surface area contributed by atoms with Crippen LogP contribution in [-0.4, -0.2) is 23.1 Å². The number of aromatic nitrogens is 3. The first kappa shape index (κ1) is 21.6. The number of aryl methyl sites for hydroxylation is 2. The summed E-state index contributed by atoms with van der Waals surface area (Å²) in [6, 6.07) is 21.4. The molecule has 5 aromatic rings. The number of hydrogen-bond donors (Lipinski definition) is 0. The van der Waals surface area contributed by atoms with Crippen LogP contribution in [0.4, 0.5) is 0 Å². The Balaban J connectivity index is 1.57. The molecule has 0 amide bonds. The summed E-state index contributed by atoms with van der Waals surface area (Å²) < 4.78 is 37.2. The molecular formula is C25H19N3O5S. The molecule has 2 heterocycles. The Morgan fingerprint density at radius 1 is 0.912 bits per heavy atom. The molecule has 0 atom stereocenters. The van der Waals surface area contributed by atoms with Crippen molar-refractivity contribution in [2.24, 2.45) is 0 Å². The van der Waals surface area contributed by atoms with Crippen LogP contribution in [0.25, 0.3) is 28.2 Å². The lowest BCUT2D eigenvalue weighted by atomic mass is 10.1. The van der Waals surface area contributed by atoms with Crippen molar-refractivity contribution >= 4 is 21.0 Å². The van der Waals surface area contributed by atoms with Gasteiger partial charge in [0, 0.05) is 11.6 Å². The van der Waals surface area contributed by atoms with Gasteiger partial charge in [-0.1, -0.05) is 35.0 Å². The summed E-state index contributed by atoms with van der Waals surface area (Å²) in [5, 5.41) is 4.32. The van der Waals surface area contributed by atoms with E-state index in [0.29, 0.717) is 28.0 Å². The lowest BCUT2D eigenvalue weighted by Crippen LogP contribution is -2.21. The van der Waals surface area contributed by atoms with Crippen LogP contribution >= 0.6 is 0 Å². The fourth-order valence-electron chi connectivity index (χ4n) is 3.53. The highest BCUT2D eigenvalue weighted by Crippen LogP contribution is 2.26. The van der Waals surface area contributed by atoms with E-state index in [4.69, 9.17) is 8.71 Å². The Labute approximate surface area is 195 Å². The van der Waals surface area contributed by atoms with Crippen molar-refractivity contribution in [3.8, 4) is 23.0 Å². The van der Waals surface area contributed by atoms with Gasteiger partial charge >= 0.3 is 10.1 Å². The summed E-state index contributed by atoms with van der Waals surface area (Å²) in [7, 11) is -3.99. The molecule has 0 saturated heterocycles. The van der Waals surface area contributed by atoms with Crippen LogP contribution in [0.3, 0.4) is 0 Å². The zero-order chi connectivity index (χ0) is 23.9. The molecule has 0 saturated carbocycles. The first-order valence-electron chi connectivity index (χ1n) is 10.4. The van der Waals surface area contributed by atoms with E-state index in [1.807, 2.05) is 6.92 Å². The van der Waals surface area contributed by atoms with Gasteiger partial charge in [-0.15, -0.1) is 0 Å². The van der Waals surface area contributed by atoms with Gasteiger partial charge in [0.25, 0.3) is 5.56 Å². The number of benzene rings is 3. The second-order valence-corrected chi connectivity index (χ2v) is 9.32. The summed E-state index contributed by atoms with van der Waals surface area (Å²) in [4.78, 5) is 18.0. The second-order valence-electron chi connectivity index (χ2n) is 7.77. The van der Waals surface area contributed by atoms with Crippen molar-refractivity contribution in [2.45, 2.75) is 18.7 Å². The summed E-state index contributed by atoms with van der Waals surface area (Å²) in [6.07, 6.45) is 0. The minimum Gasteiger partial charge on any atom is -0.379 e. The molecular weight excluding hydrogens is 454 g/mol. The summed E-state index contributed by atoms with van der Waals surface area (Å²) >= 11 is 0. The maximum Gasteiger partial charge on any atom is 0.339 e. The summed E-state index contributed by atoms with van der Waals surface area (Å²) in [6.45, 7) is 3.63. The molecule has 0 aliphatic rings. The third-order valence-corrected chi connectivity index (χ3v) is 6.50. The third-order valence-electron chi connectivity index (χ3n) is 5.24. The van der Waals surface area contributed by atoms with Gasteiger partial charge in [-0.25, -0.2) is 9.55 Å². The van der Waals surface area contributed by atoms with E-state index in [1.165, 1.54) is 28.8 Å². The highest BCUT2D eigenvalue weighted by Gasteiger charge is 2.19. The zero-order valence-corrected chi connectivity index (χ0v) is 19.1. The minimum absolute atomic E-state index is 0.0629. The molecule has 8 nitrogen and oxygen atoms in total. The molecule has 2 aromatic heterocycles. The predicted molar refractivity (Wildman–Crippen MR) is 127 cm³/mol. The van der Waals surface area contributed by atoms with Crippen molar-refractivity contribution in [3.63, 3.8) is 0 Å². The molecule has 170 valence electrons. The molecule has 3 aromatic carbocycles. The molecule has 0 aliphatic carbocycles. The Morgan fingerprint density at radius 3 is 2.29 bits per heavy atom.